The van der Waals surface area contributed by atoms with Crippen LogP contribution in [-0.4, -0.2) is 29.6 Å². The van der Waals surface area contributed by atoms with Crippen LogP contribution in [0, 0.1) is 0 Å². The second kappa shape index (κ2) is 7.46. The van der Waals surface area contributed by atoms with Gasteiger partial charge in [-0.1, -0.05) is 79.0 Å². The van der Waals surface area contributed by atoms with Gasteiger partial charge in [-0.2, -0.15) is 0 Å². The molecule has 1 aliphatic heterocycles. The van der Waals surface area contributed by atoms with Gasteiger partial charge in [0.05, 0.1) is 6.67 Å². The first-order chi connectivity index (χ1) is 11.2. The van der Waals surface area contributed by atoms with Crippen molar-refractivity contribution in [1.29, 1.82) is 0 Å². The summed E-state index contributed by atoms with van der Waals surface area (Å²) in [7, 11) is 0. The third kappa shape index (κ3) is 3.76. The van der Waals surface area contributed by atoms with E-state index in [0.717, 1.165) is 39.0 Å². The lowest BCUT2D eigenvalue weighted by molar-refractivity contribution is 0.257. The van der Waals surface area contributed by atoms with Crippen molar-refractivity contribution in [1.82, 2.24) is 9.80 Å². The number of unbranched alkanes of at least 4 members (excludes halogenated alkanes) is 1. The van der Waals surface area contributed by atoms with Crippen molar-refractivity contribution in [3.8, 4) is 0 Å². The van der Waals surface area contributed by atoms with Gasteiger partial charge >= 0.3 is 0 Å². The van der Waals surface area contributed by atoms with E-state index >= 15 is 0 Å². The fourth-order valence-electron chi connectivity index (χ4n) is 2.94. The lowest BCUT2D eigenvalue weighted by Gasteiger charge is -2.22. The van der Waals surface area contributed by atoms with Gasteiger partial charge in [0, 0.05) is 13.1 Å². The minimum absolute atomic E-state index is 0.684. The van der Waals surface area contributed by atoms with E-state index in [9.17, 15) is 0 Å². The molecule has 3 rings (SSSR count). The van der Waals surface area contributed by atoms with Gasteiger partial charge in [0.15, 0.2) is 0 Å². The van der Waals surface area contributed by atoms with E-state index in [4.69, 9.17) is 23.2 Å². The van der Waals surface area contributed by atoms with Gasteiger partial charge in [-0.15, -0.1) is 0 Å². The lowest BCUT2D eigenvalue weighted by Crippen LogP contribution is -2.29. The van der Waals surface area contributed by atoms with Crippen molar-refractivity contribution in [2.75, 3.05) is 19.8 Å². The number of hydrogen-bond acceptors (Lipinski definition) is 2. The Morgan fingerprint density at radius 3 is 2.35 bits per heavy atom. The molecule has 2 aromatic carbocycles. The largest absolute Gasteiger partial charge is 0.342 e. The molecule has 4 heteroatoms. The highest BCUT2D eigenvalue weighted by Gasteiger charge is 2.25. The van der Waals surface area contributed by atoms with Crippen LogP contribution in [0.25, 0.3) is 10.8 Å². The van der Waals surface area contributed by atoms with E-state index in [0.29, 0.717) is 10.3 Å². The van der Waals surface area contributed by atoms with Crippen LogP contribution >= 0.6 is 23.2 Å². The number of rotatable bonds is 6. The van der Waals surface area contributed by atoms with Crippen LogP contribution in [0.5, 0.6) is 0 Å². The van der Waals surface area contributed by atoms with E-state index < -0.39 is 0 Å². The second-order valence-electron chi connectivity index (χ2n) is 6.03. The lowest BCUT2D eigenvalue weighted by atomic mass is 10.1. The molecule has 0 aromatic heterocycles. The summed E-state index contributed by atoms with van der Waals surface area (Å²) in [5.41, 5.74) is 1.33. The van der Waals surface area contributed by atoms with E-state index in [1.165, 1.54) is 16.3 Å². The summed E-state index contributed by atoms with van der Waals surface area (Å²) in [6.07, 6.45) is 3.27. The number of fused-ring (bicyclic) bond motifs is 1. The number of benzene rings is 2. The molecule has 2 aromatic rings. The van der Waals surface area contributed by atoms with Crippen LogP contribution in [0.1, 0.15) is 25.3 Å². The molecular formula is C19H22Cl2N2. The molecule has 23 heavy (non-hydrogen) atoms. The summed E-state index contributed by atoms with van der Waals surface area (Å²) in [6.45, 7) is 4.84. The molecule has 0 spiro atoms. The summed E-state index contributed by atoms with van der Waals surface area (Å²) in [6, 6.07) is 15.1. The third-order valence-corrected chi connectivity index (χ3v) is 5.27. The number of hydrogen-bond donors (Lipinski definition) is 0. The average molecular weight is 349 g/mol. The molecule has 0 bridgehead atoms. The molecule has 1 aliphatic rings. The zero-order valence-corrected chi connectivity index (χ0v) is 14.9. The van der Waals surface area contributed by atoms with Crippen LogP contribution < -0.4 is 0 Å². The molecule has 0 radical (unpaired) electrons. The fraction of sp³-hybridized carbons (Fsp3) is 0.368. The molecule has 0 atom stereocenters. The Balaban J connectivity index is 1.63. The van der Waals surface area contributed by atoms with E-state index in [-0.39, 0.29) is 0 Å². The van der Waals surface area contributed by atoms with E-state index in [1.54, 1.807) is 0 Å². The van der Waals surface area contributed by atoms with Crippen molar-refractivity contribution < 1.29 is 0 Å². The predicted molar refractivity (Wildman–Crippen MR) is 99.6 cm³/mol. The van der Waals surface area contributed by atoms with Crippen LogP contribution in [0.3, 0.4) is 0 Å². The molecule has 0 amide bonds. The summed E-state index contributed by atoms with van der Waals surface area (Å²) < 4.78 is 0. The monoisotopic (exact) mass is 348 g/mol. The van der Waals surface area contributed by atoms with E-state index in [2.05, 4.69) is 59.2 Å². The maximum atomic E-state index is 6.40. The maximum Gasteiger partial charge on any atom is 0.141 e. The predicted octanol–water partition coefficient (Wildman–Crippen LogP) is 5.36. The van der Waals surface area contributed by atoms with Gasteiger partial charge < -0.3 is 9.80 Å². The first-order valence-corrected chi connectivity index (χ1v) is 8.97. The highest BCUT2D eigenvalue weighted by Crippen LogP contribution is 2.30. The Hall–Kier alpha value is -1.38. The highest BCUT2D eigenvalue weighted by atomic mass is 35.5. The summed E-state index contributed by atoms with van der Waals surface area (Å²) in [5, 5.41) is 3.95. The van der Waals surface area contributed by atoms with Crippen LogP contribution in [0.2, 0.25) is 0 Å². The third-order valence-electron chi connectivity index (χ3n) is 4.33. The Kier molecular flexibility index (Phi) is 5.34. The average Bonchev–Trinajstić information content (AvgIpc) is 2.85. The molecule has 0 N–H and O–H groups in total. The van der Waals surface area contributed by atoms with Gasteiger partial charge in [0.2, 0.25) is 0 Å². The minimum atomic E-state index is 0.684. The van der Waals surface area contributed by atoms with Crippen molar-refractivity contribution in [2.24, 2.45) is 0 Å². The number of nitrogens with zero attached hydrogens (tertiary/aromatic N) is 2. The van der Waals surface area contributed by atoms with Crippen LogP contribution in [-0.2, 0) is 6.42 Å². The minimum Gasteiger partial charge on any atom is -0.342 e. The summed E-state index contributed by atoms with van der Waals surface area (Å²) in [5.74, 6) is 0. The van der Waals surface area contributed by atoms with Crippen LogP contribution in [0.15, 0.2) is 52.8 Å². The molecule has 2 nitrogen and oxygen atoms in total. The van der Waals surface area contributed by atoms with Crippen molar-refractivity contribution in [3.63, 3.8) is 0 Å². The van der Waals surface area contributed by atoms with Crippen molar-refractivity contribution >= 4 is 34.0 Å². The summed E-state index contributed by atoms with van der Waals surface area (Å²) in [4.78, 5) is 4.32. The van der Waals surface area contributed by atoms with Crippen molar-refractivity contribution in [3.05, 3.63) is 58.3 Å². The normalized spacial score (nSPS) is 15.1. The fourth-order valence-corrected chi connectivity index (χ4v) is 3.45. The van der Waals surface area contributed by atoms with Gasteiger partial charge in [-0.3, -0.25) is 0 Å². The smallest absolute Gasteiger partial charge is 0.141 e. The molecule has 0 unspecified atom stereocenters. The topological polar surface area (TPSA) is 6.48 Å². The zero-order chi connectivity index (χ0) is 16.2. The van der Waals surface area contributed by atoms with Crippen molar-refractivity contribution in [2.45, 2.75) is 26.2 Å². The summed E-state index contributed by atoms with van der Waals surface area (Å²) >= 11 is 12.7. The first-order valence-electron chi connectivity index (χ1n) is 8.22. The Morgan fingerprint density at radius 1 is 0.913 bits per heavy atom. The first kappa shape index (κ1) is 16.5. The van der Waals surface area contributed by atoms with Gasteiger partial charge in [-0.25, -0.2) is 0 Å². The molecule has 0 fully saturated rings. The Labute approximate surface area is 148 Å². The Bertz CT molecular complexity index is 711. The van der Waals surface area contributed by atoms with Gasteiger partial charge in [0.25, 0.3) is 0 Å². The van der Waals surface area contributed by atoms with Crippen LogP contribution in [0.4, 0.5) is 0 Å². The quantitative estimate of drug-likeness (QED) is 0.648. The molecule has 0 saturated heterocycles. The SMILES string of the molecule is CCCCN1CN(CCc2ccc3ccccc3c2)C(Cl)=C1Cl. The molecular weight excluding hydrogens is 327 g/mol. The van der Waals surface area contributed by atoms with E-state index in [1.807, 2.05) is 0 Å². The zero-order valence-electron chi connectivity index (χ0n) is 13.4. The standard InChI is InChI=1S/C19H22Cl2N2/c1-2-3-11-22-14-23(19(21)18(22)20)12-10-15-8-9-16-6-4-5-7-17(16)13-15/h4-9,13H,2-3,10-12,14H2,1H3. The highest BCUT2D eigenvalue weighted by molar-refractivity contribution is 6.38. The van der Waals surface area contributed by atoms with Gasteiger partial charge in [-0.05, 0) is 29.2 Å². The number of halogens is 2. The molecule has 122 valence electrons. The Morgan fingerprint density at radius 2 is 1.61 bits per heavy atom. The molecule has 0 saturated carbocycles. The molecule has 0 aliphatic carbocycles. The maximum absolute atomic E-state index is 6.40. The second-order valence-corrected chi connectivity index (χ2v) is 6.75. The molecule has 1 heterocycles. The van der Waals surface area contributed by atoms with Gasteiger partial charge in [0.1, 0.15) is 10.3 Å².